The molecule has 1 rings (SSSR count). The number of hydrogen-bond acceptors (Lipinski definition) is 6. The van der Waals surface area contributed by atoms with E-state index in [4.69, 9.17) is 0 Å². The van der Waals surface area contributed by atoms with Crippen LogP contribution in [0.5, 0.6) is 0 Å². The van der Waals surface area contributed by atoms with E-state index in [1.807, 2.05) is 0 Å². The molecule has 0 heterocycles. The third kappa shape index (κ3) is 4.51. The first-order valence-corrected chi connectivity index (χ1v) is 6.30. The number of carbonyl (C=O) groups excluding carboxylic acids is 2. The van der Waals surface area contributed by atoms with Crippen molar-refractivity contribution in [3.8, 4) is 0 Å². The fourth-order valence-electron chi connectivity index (χ4n) is 1.72. The van der Waals surface area contributed by atoms with Crippen molar-refractivity contribution in [2.24, 2.45) is 0 Å². The molecule has 0 spiro atoms. The predicted molar refractivity (Wildman–Crippen MR) is 70.0 cm³/mol. The fourth-order valence-corrected chi connectivity index (χ4v) is 1.72. The Labute approximate surface area is 121 Å². The Morgan fingerprint density at radius 3 is 2.57 bits per heavy atom. The molecule has 21 heavy (non-hydrogen) atoms. The standard InChI is InChI=1S/C14H17FO6/c1-3-21-12(17)7-11(16)13(18)8-4-5-10(15)9(6-8)14(19)20-2/h4-6,11,13,16,18H,3,7H2,1-2H3. The monoisotopic (exact) mass is 300 g/mol. The molecule has 0 amide bonds. The highest BCUT2D eigenvalue weighted by molar-refractivity contribution is 5.89. The molecule has 0 aliphatic heterocycles. The van der Waals surface area contributed by atoms with Gasteiger partial charge in [-0.05, 0) is 24.6 Å². The second-order valence-electron chi connectivity index (χ2n) is 4.25. The molecule has 0 fully saturated rings. The molecule has 0 aromatic heterocycles. The minimum Gasteiger partial charge on any atom is -0.466 e. The van der Waals surface area contributed by atoms with Gasteiger partial charge in [0.15, 0.2) is 0 Å². The van der Waals surface area contributed by atoms with Crippen molar-refractivity contribution < 1.29 is 33.7 Å². The van der Waals surface area contributed by atoms with Gasteiger partial charge in [0.05, 0.1) is 31.8 Å². The summed E-state index contributed by atoms with van der Waals surface area (Å²) < 4.78 is 22.5. The number of aliphatic hydroxyl groups excluding tert-OH is 2. The number of hydrogen-bond donors (Lipinski definition) is 2. The summed E-state index contributed by atoms with van der Waals surface area (Å²) in [6, 6.07) is 3.25. The van der Waals surface area contributed by atoms with Gasteiger partial charge in [-0.3, -0.25) is 4.79 Å². The van der Waals surface area contributed by atoms with E-state index in [2.05, 4.69) is 9.47 Å². The molecule has 2 atom stereocenters. The van der Waals surface area contributed by atoms with Crippen molar-refractivity contribution in [2.75, 3.05) is 13.7 Å². The summed E-state index contributed by atoms with van der Waals surface area (Å²) in [7, 11) is 1.10. The zero-order valence-electron chi connectivity index (χ0n) is 11.7. The maximum absolute atomic E-state index is 13.5. The van der Waals surface area contributed by atoms with E-state index in [-0.39, 0.29) is 17.7 Å². The van der Waals surface area contributed by atoms with E-state index in [1.165, 1.54) is 6.07 Å². The van der Waals surface area contributed by atoms with Gasteiger partial charge < -0.3 is 19.7 Å². The van der Waals surface area contributed by atoms with Crippen molar-refractivity contribution in [3.63, 3.8) is 0 Å². The minimum absolute atomic E-state index is 0.0913. The van der Waals surface area contributed by atoms with E-state index >= 15 is 0 Å². The number of esters is 2. The zero-order chi connectivity index (χ0) is 16.0. The van der Waals surface area contributed by atoms with E-state index < -0.39 is 36.4 Å². The van der Waals surface area contributed by atoms with Crippen molar-refractivity contribution in [1.29, 1.82) is 0 Å². The van der Waals surface area contributed by atoms with Crippen molar-refractivity contribution >= 4 is 11.9 Å². The lowest BCUT2D eigenvalue weighted by atomic mass is 10.00. The SMILES string of the molecule is CCOC(=O)CC(O)C(O)c1ccc(F)c(C(=O)OC)c1. The summed E-state index contributed by atoms with van der Waals surface area (Å²) in [5.74, 6) is -2.38. The highest BCUT2D eigenvalue weighted by Gasteiger charge is 2.24. The summed E-state index contributed by atoms with van der Waals surface area (Å²) in [6.45, 7) is 1.77. The van der Waals surface area contributed by atoms with Crippen LogP contribution in [0.15, 0.2) is 18.2 Å². The summed E-state index contributed by atoms with van der Waals surface area (Å²) in [4.78, 5) is 22.6. The number of benzene rings is 1. The first-order valence-electron chi connectivity index (χ1n) is 6.30. The Morgan fingerprint density at radius 1 is 1.33 bits per heavy atom. The molecule has 2 N–H and O–H groups in total. The van der Waals surface area contributed by atoms with Gasteiger partial charge in [0.2, 0.25) is 0 Å². The van der Waals surface area contributed by atoms with Crippen LogP contribution in [-0.2, 0) is 14.3 Å². The van der Waals surface area contributed by atoms with Crippen LogP contribution in [-0.4, -0.2) is 42.0 Å². The van der Waals surface area contributed by atoms with Gasteiger partial charge in [-0.1, -0.05) is 6.07 Å². The van der Waals surface area contributed by atoms with Crippen LogP contribution in [0.1, 0.15) is 35.4 Å². The third-order valence-corrected chi connectivity index (χ3v) is 2.78. The van der Waals surface area contributed by atoms with Crippen LogP contribution < -0.4 is 0 Å². The number of rotatable bonds is 6. The Bertz CT molecular complexity index is 516. The number of ether oxygens (including phenoxy) is 2. The zero-order valence-corrected chi connectivity index (χ0v) is 11.7. The predicted octanol–water partition coefficient (Wildman–Crippen LogP) is 0.960. The third-order valence-electron chi connectivity index (χ3n) is 2.78. The smallest absolute Gasteiger partial charge is 0.340 e. The van der Waals surface area contributed by atoms with Crippen LogP contribution >= 0.6 is 0 Å². The second kappa shape index (κ2) is 7.70. The number of aliphatic hydroxyl groups is 2. The summed E-state index contributed by atoms with van der Waals surface area (Å²) in [5.41, 5.74) is -0.272. The Hall–Kier alpha value is -1.99. The molecule has 1 aromatic rings. The summed E-state index contributed by atoms with van der Waals surface area (Å²) >= 11 is 0. The van der Waals surface area contributed by atoms with E-state index in [0.29, 0.717) is 0 Å². The lowest BCUT2D eigenvalue weighted by molar-refractivity contribution is -0.147. The molecule has 0 aliphatic carbocycles. The molecule has 0 aliphatic rings. The Balaban J connectivity index is 2.89. The molecule has 7 heteroatoms. The average molecular weight is 300 g/mol. The van der Waals surface area contributed by atoms with Crippen LogP contribution in [0.25, 0.3) is 0 Å². The second-order valence-corrected chi connectivity index (χ2v) is 4.25. The normalized spacial score (nSPS) is 13.4. The first-order chi connectivity index (χ1) is 9.90. The first kappa shape index (κ1) is 17.1. The fraction of sp³-hybridized carbons (Fsp3) is 0.429. The summed E-state index contributed by atoms with van der Waals surface area (Å²) in [5, 5.41) is 19.7. The molecule has 6 nitrogen and oxygen atoms in total. The highest BCUT2D eigenvalue weighted by atomic mass is 19.1. The maximum atomic E-state index is 13.5. The average Bonchev–Trinajstić information content (AvgIpc) is 2.46. The number of carbonyl (C=O) groups is 2. The largest absolute Gasteiger partial charge is 0.466 e. The van der Waals surface area contributed by atoms with Crippen molar-refractivity contribution in [2.45, 2.75) is 25.6 Å². The molecular formula is C14H17FO6. The van der Waals surface area contributed by atoms with Gasteiger partial charge in [-0.25, -0.2) is 9.18 Å². The van der Waals surface area contributed by atoms with E-state index in [0.717, 1.165) is 19.2 Å². The molecule has 1 aromatic carbocycles. The van der Waals surface area contributed by atoms with Gasteiger partial charge >= 0.3 is 11.9 Å². The number of methoxy groups -OCH3 is 1. The Morgan fingerprint density at radius 2 is 2.00 bits per heavy atom. The van der Waals surface area contributed by atoms with E-state index in [9.17, 15) is 24.2 Å². The van der Waals surface area contributed by atoms with Crippen molar-refractivity contribution in [1.82, 2.24) is 0 Å². The molecule has 2 unspecified atom stereocenters. The molecule has 0 radical (unpaired) electrons. The van der Waals surface area contributed by atoms with Crippen molar-refractivity contribution in [3.05, 3.63) is 35.1 Å². The molecule has 116 valence electrons. The summed E-state index contributed by atoms with van der Waals surface area (Å²) in [6.07, 6.45) is -3.31. The van der Waals surface area contributed by atoms with Gasteiger partial charge in [-0.2, -0.15) is 0 Å². The van der Waals surface area contributed by atoms with E-state index in [1.54, 1.807) is 6.92 Å². The number of halogens is 1. The van der Waals surface area contributed by atoms with Crippen LogP contribution in [0.2, 0.25) is 0 Å². The lowest BCUT2D eigenvalue weighted by Gasteiger charge is -2.18. The van der Waals surface area contributed by atoms with Gasteiger partial charge in [0.25, 0.3) is 0 Å². The van der Waals surface area contributed by atoms with Gasteiger partial charge in [0.1, 0.15) is 11.9 Å². The van der Waals surface area contributed by atoms with Gasteiger partial charge in [-0.15, -0.1) is 0 Å². The van der Waals surface area contributed by atoms with Crippen LogP contribution in [0, 0.1) is 5.82 Å². The maximum Gasteiger partial charge on any atom is 0.340 e. The highest BCUT2D eigenvalue weighted by Crippen LogP contribution is 2.22. The lowest BCUT2D eigenvalue weighted by Crippen LogP contribution is -2.23. The quantitative estimate of drug-likeness (QED) is 0.760. The minimum atomic E-state index is -1.46. The molecule has 0 saturated carbocycles. The van der Waals surface area contributed by atoms with Gasteiger partial charge in [0, 0.05) is 0 Å². The molecule has 0 saturated heterocycles. The topological polar surface area (TPSA) is 93.1 Å². The molecule has 0 bridgehead atoms. The Kier molecular flexibility index (Phi) is 6.26. The van der Waals surface area contributed by atoms with Crippen LogP contribution in [0.3, 0.4) is 0 Å². The molecular weight excluding hydrogens is 283 g/mol. The van der Waals surface area contributed by atoms with Crippen LogP contribution in [0.4, 0.5) is 4.39 Å².